The van der Waals surface area contributed by atoms with Crippen LogP contribution in [0.25, 0.3) is 10.7 Å². The number of aromatic nitrogens is 2. The fourth-order valence-corrected chi connectivity index (χ4v) is 4.55. The highest BCUT2D eigenvalue weighted by atomic mass is 32.1. The molecule has 2 aliphatic rings. The summed E-state index contributed by atoms with van der Waals surface area (Å²) in [6.07, 6.45) is 9.31. The molecule has 1 aliphatic carbocycles. The third-order valence-corrected chi connectivity index (χ3v) is 6.42. The van der Waals surface area contributed by atoms with Crippen molar-refractivity contribution in [3.05, 3.63) is 35.0 Å². The molecule has 122 valence electrons. The number of likely N-dealkylation sites (tertiary alicyclic amines) is 1. The van der Waals surface area contributed by atoms with Gasteiger partial charge in [0.2, 0.25) is 0 Å². The van der Waals surface area contributed by atoms with Crippen molar-refractivity contribution < 1.29 is 0 Å². The van der Waals surface area contributed by atoms with Crippen LogP contribution in [0.5, 0.6) is 0 Å². The maximum Gasteiger partial charge on any atom is 0.142 e. The smallest absolute Gasteiger partial charge is 0.142 e. The minimum Gasteiger partial charge on any atom is -0.301 e. The third kappa shape index (κ3) is 3.33. The van der Waals surface area contributed by atoms with Crippen LogP contribution in [0.15, 0.2) is 24.5 Å². The highest BCUT2D eigenvalue weighted by molar-refractivity contribution is 7.15. The van der Waals surface area contributed by atoms with E-state index in [9.17, 15) is 0 Å². The van der Waals surface area contributed by atoms with Crippen LogP contribution in [0.4, 0.5) is 0 Å². The largest absolute Gasteiger partial charge is 0.301 e. The Balaban J connectivity index is 1.43. The summed E-state index contributed by atoms with van der Waals surface area (Å²) in [5.41, 5.74) is 2.43. The van der Waals surface area contributed by atoms with Crippen molar-refractivity contribution in [2.24, 2.45) is 0 Å². The Morgan fingerprint density at radius 1 is 1.00 bits per heavy atom. The average Bonchev–Trinajstić information content (AvgIpc) is 3.32. The summed E-state index contributed by atoms with van der Waals surface area (Å²) >= 11 is 1.82. The van der Waals surface area contributed by atoms with E-state index in [-0.39, 0.29) is 0 Å². The van der Waals surface area contributed by atoms with E-state index < -0.39 is 0 Å². The van der Waals surface area contributed by atoms with Gasteiger partial charge in [0.15, 0.2) is 0 Å². The fraction of sp³-hybridized carbons (Fsp3) is 0.579. The highest BCUT2D eigenvalue weighted by Crippen LogP contribution is 2.43. The summed E-state index contributed by atoms with van der Waals surface area (Å²) < 4.78 is 0. The Kier molecular flexibility index (Phi) is 4.20. The van der Waals surface area contributed by atoms with Crippen LogP contribution in [0.3, 0.4) is 0 Å². The predicted molar refractivity (Wildman–Crippen MR) is 96.0 cm³/mol. The number of pyridine rings is 1. The molecule has 0 spiro atoms. The van der Waals surface area contributed by atoms with E-state index in [4.69, 9.17) is 4.98 Å². The minimum atomic E-state index is 0.669. The molecule has 1 saturated carbocycles. The van der Waals surface area contributed by atoms with Crippen LogP contribution in [-0.2, 0) is 0 Å². The van der Waals surface area contributed by atoms with E-state index in [0.29, 0.717) is 12.0 Å². The van der Waals surface area contributed by atoms with Crippen LogP contribution >= 0.6 is 11.3 Å². The van der Waals surface area contributed by atoms with Crippen molar-refractivity contribution in [2.45, 2.75) is 57.4 Å². The Morgan fingerprint density at radius 2 is 1.78 bits per heavy atom. The number of hydrogen-bond acceptors (Lipinski definition) is 4. The van der Waals surface area contributed by atoms with E-state index in [1.54, 1.807) is 0 Å². The van der Waals surface area contributed by atoms with Gasteiger partial charge in [-0.05, 0) is 76.1 Å². The molecule has 2 aromatic rings. The normalized spacial score (nSPS) is 20.3. The summed E-state index contributed by atoms with van der Waals surface area (Å²) in [4.78, 5) is 13.3. The first-order valence-corrected chi connectivity index (χ1v) is 9.68. The molecule has 2 aromatic heterocycles. The monoisotopic (exact) mass is 327 g/mol. The van der Waals surface area contributed by atoms with Crippen molar-refractivity contribution in [1.29, 1.82) is 0 Å². The lowest BCUT2D eigenvalue weighted by molar-refractivity contribution is 0.172. The molecule has 4 heteroatoms. The van der Waals surface area contributed by atoms with Gasteiger partial charge in [0.25, 0.3) is 0 Å². The topological polar surface area (TPSA) is 29.0 Å². The summed E-state index contributed by atoms with van der Waals surface area (Å²) in [7, 11) is 0. The Morgan fingerprint density at radius 3 is 2.39 bits per heavy atom. The van der Waals surface area contributed by atoms with Crippen LogP contribution in [-0.4, -0.2) is 34.0 Å². The van der Waals surface area contributed by atoms with Gasteiger partial charge in [-0.25, -0.2) is 4.98 Å². The number of rotatable bonds is 4. The molecule has 0 atom stereocenters. The quantitative estimate of drug-likeness (QED) is 0.817. The van der Waals surface area contributed by atoms with Gasteiger partial charge in [0, 0.05) is 23.3 Å². The van der Waals surface area contributed by atoms with Gasteiger partial charge in [-0.3, -0.25) is 4.98 Å². The van der Waals surface area contributed by atoms with E-state index >= 15 is 0 Å². The van der Waals surface area contributed by atoms with Gasteiger partial charge in [-0.2, -0.15) is 0 Å². The maximum atomic E-state index is 4.71. The molecule has 3 heterocycles. The maximum absolute atomic E-state index is 4.71. The van der Waals surface area contributed by atoms with Crippen LogP contribution < -0.4 is 0 Å². The van der Waals surface area contributed by atoms with Crippen molar-refractivity contribution >= 4 is 11.3 Å². The van der Waals surface area contributed by atoms with Gasteiger partial charge in [0.1, 0.15) is 5.01 Å². The second-order valence-corrected chi connectivity index (χ2v) is 8.29. The third-order valence-electron chi connectivity index (χ3n) is 5.24. The van der Waals surface area contributed by atoms with E-state index in [0.717, 1.165) is 16.6 Å². The molecule has 0 radical (unpaired) electrons. The van der Waals surface area contributed by atoms with Gasteiger partial charge < -0.3 is 4.90 Å². The van der Waals surface area contributed by atoms with Gasteiger partial charge in [0.05, 0.1) is 5.69 Å². The molecule has 0 N–H and O–H groups in total. The first-order chi connectivity index (χ1) is 11.2. The highest BCUT2D eigenvalue weighted by Gasteiger charge is 2.26. The van der Waals surface area contributed by atoms with E-state index in [2.05, 4.69) is 48.3 Å². The molecule has 4 rings (SSSR count). The molecule has 3 nitrogen and oxygen atoms in total. The zero-order valence-electron chi connectivity index (χ0n) is 14.0. The number of piperidine rings is 1. The van der Waals surface area contributed by atoms with Gasteiger partial charge in [-0.1, -0.05) is 6.07 Å². The lowest BCUT2D eigenvalue weighted by atomic mass is 9.90. The first kappa shape index (κ1) is 15.3. The summed E-state index contributed by atoms with van der Waals surface area (Å²) in [6, 6.07) is 5.11. The summed E-state index contributed by atoms with van der Waals surface area (Å²) in [5, 5.41) is 1.08. The SMILES string of the molecule is CC(C)N1CCC(c2ccc(-c3ncc(C4CC4)s3)nc2)CC1. The Bertz CT molecular complexity index is 650. The molecule has 23 heavy (non-hydrogen) atoms. The second kappa shape index (κ2) is 6.33. The van der Waals surface area contributed by atoms with Crippen molar-refractivity contribution in [3.8, 4) is 10.7 Å². The molecular formula is C19H25N3S. The van der Waals surface area contributed by atoms with Gasteiger partial charge >= 0.3 is 0 Å². The molecule has 0 amide bonds. The van der Waals surface area contributed by atoms with Crippen LogP contribution in [0.2, 0.25) is 0 Å². The van der Waals surface area contributed by atoms with Crippen molar-refractivity contribution in [2.75, 3.05) is 13.1 Å². The van der Waals surface area contributed by atoms with Crippen molar-refractivity contribution in [1.82, 2.24) is 14.9 Å². The fourth-order valence-electron chi connectivity index (χ4n) is 3.48. The molecule has 0 unspecified atom stereocenters. The van der Waals surface area contributed by atoms with E-state index in [1.807, 2.05) is 11.3 Å². The zero-order valence-corrected chi connectivity index (χ0v) is 14.9. The Hall–Kier alpha value is -1.26. The average molecular weight is 327 g/mol. The summed E-state index contributed by atoms with van der Waals surface area (Å²) in [5.74, 6) is 1.46. The predicted octanol–water partition coefficient (Wildman–Crippen LogP) is 4.67. The molecular weight excluding hydrogens is 302 g/mol. The number of hydrogen-bond donors (Lipinski definition) is 0. The van der Waals surface area contributed by atoms with E-state index in [1.165, 1.54) is 49.2 Å². The first-order valence-electron chi connectivity index (χ1n) is 8.87. The lowest BCUT2D eigenvalue weighted by Gasteiger charge is -2.34. The lowest BCUT2D eigenvalue weighted by Crippen LogP contribution is -2.37. The molecule has 0 bridgehead atoms. The molecule has 1 saturated heterocycles. The standard InChI is InChI=1S/C19H25N3S/c1-13(2)22-9-7-14(8-10-22)16-5-6-17(20-11-16)19-21-12-18(23-19)15-3-4-15/h5-6,11-15H,3-4,7-10H2,1-2H3. The van der Waals surface area contributed by atoms with Crippen molar-refractivity contribution in [3.63, 3.8) is 0 Å². The van der Waals surface area contributed by atoms with Crippen LogP contribution in [0, 0.1) is 0 Å². The molecule has 1 aliphatic heterocycles. The Labute approximate surface area is 142 Å². The zero-order chi connectivity index (χ0) is 15.8. The number of nitrogens with zero attached hydrogens (tertiary/aromatic N) is 3. The molecule has 0 aromatic carbocycles. The van der Waals surface area contributed by atoms with Gasteiger partial charge in [-0.15, -0.1) is 11.3 Å². The molecule has 2 fully saturated rings. The van der Waals surface area contributed by atoms with Crippen LogP contribution in [0.1, 0.15) is 61.8 Å². The summed E-state index contributed by atoms with van der Waals surface area (Å²) in [6.45, 7) is 7.00. The minimum absolute atomic E-state index is 0.669. The second-order valence-electron chi connectivity index (χ2n) is 7.22. The number of thiazole rings is 1.